The Bertz CT molecular complexity index is 1020. The summed E-state index contributed by atoms with van der Waals surface area (Å²) in [7, 11) is 1.69. The van der Waals surface area contributed by atoms with Crippen molar-refractivity contribution in [1.82, 2.24) is 15.2 Å². The van der Waals surface area contributed by atoms with Gasteiger partial charge >= 0.3 is 0 Å². The number of fused-ring (bicyclic) bond motifs is 1. The number of methoxy groups -OCH3 is 1. The lowest BCUT2D eigenvalue weighted by molar-refractivity contribution is -0.135. The van der Waals surface area contributed by atoms with Gasteiger partial charge < -0.3 is 24.8 Å². The van der Waals surface area contributed by atoms with Gasteiger partial charge in [-0.15, -0.1) is 0 Å². The molecule has 8 heteroatoms. The number of benzene rings is 1. The molecule has 2 aromatic rings. The number of pyridine rings is 1. The Kier molecular flexibility index (Phi) is 9.91. The molecule has 0 radical (unpaired) electrons. The molecule has 2 aliphatic heterocycles. The monoisotopic (exact) mass is 507 g/mol. The Morgan fingerprint density at radius 2 is 2.00 bits per heavy atom. The number of para-hydroxylation sites is 2. The van der Waals surface area contributed by atoms with Crippen LogP contribution in [0.5, 0.6) is 0 Å². The molecule has 0 aliphatic carbocycles. The van der Waals surface area contributed by atoms with Crippen LogP contribution in [0.25, 0.3) is 0 Å². The topological polar surface area (TPSA) is 78.0 Å². The predicted molar refractivity (Wildman–Crippen MR) is 147 cm³/mol. The summed E-state index contributed by atoms with van der Waals surface area (Å²) in [4.78, 5) is 37.0. The molecular formula is C29H41N5O3. The lowest BCUT2D eigenvalue weighted by Gasteiger charge is -2.41. The standard InChI is InChI=1S/C29H41N5O3/c1-3-24(12-15-31-21-23-8-6-14-30-20-23)29(36)32-16-7-9-25(13-17-32)34-27-11-5-4-10-26(27)33(18-19-37-2)22-28(34)35/h4-6,8,10-11,14,20,24-25,31H,3,7,9,12-13,15-19,21-22H2,1-2H3. The lowest BCUT2D eigenvalue weighted by Crippen LogP contribution is -2.51. The van der Waals surface area contributed by atoms with Gasteiger partial charge in [0.05, 0.1) is 24.5 Å². The molecule has 2 unspecified atom stereocenters. The molecule has 1 saturated heterocycles. The molecule has 37 heavy (non-hydrogen) atoms. The molecule has 0 saturated carbocycles. The van der Waals surface area contributed by atoms with E-state index in [-0.39, 0.29) is 23.8 Å². The Hall–Kier alpha value is -2.97. The predicted octanol–water partition coefficient (Wildman–Crippen LogP) is 3.47. The normalized spacial score (nSPS) is 18.9. The molecular weight excluding hydrogens is 466 g/mol. The van der Waals surface area contributed by atoms with Crippen LogP contribution in [0.3, 0.4) is 0 Å². The highest BCUT2D eigenvalue weighted by Gasteiger charge is 2.35. The first-order chi connectivity index (χ1) is 18.1. The van der Waals surface area contributed by atoms with E-state index in [0.29, 0.717) is 26.2 Å². The van der Waals surface area contributed by atoms with Gasteiger partial charge in [0.1, 0.15) is 0 Å². The lowest BCUT2D eigenvalue weighted by atomic mass is 10.00. The quantitative estimate of drug-likeness (QED) is 0.470. The molecule has 1 N–H and O–H groups in total. The van der Waals surface area contributed by atoms with E-state index >= 15 is 0 Å². The molecule has 1 aromatic heterocycles. The Morgan fingerprint density at radius 3 is 2.76 bits per heavy atom. The highest BCUT2D eigenvalue weighted by atomic mass is 16.5. The first-order valence-electron chi connectivity index (χ1n) is 13.7. The van der Waals surface area contributed by atoms with E-state index in [1.807, 2.05) is 40.3 Å². The molecule has 8 nitrogen and oxygen atoms in total. The minimum atomic E-state index is 0.0182. The summed E-state index contributed by atoms with van der Waals surface area (Å²) in [6, 6.07) is 12.3. The number of likely N-dealkylation sites (tertiary alicyclic amines) is 1. The number of hydrogen-bond donors (Lipinski definition) is 1. The Morgan fingerprint density at radius 1 is 1.16 bits per heavy atom. The Balaban J connectivity index is 1.34. The molecule has 2 amide bonds. The number of nitrogens with one attached hydrogen (secondary N) is 1. The SMILES string of the molecule is CCC(CCNCc1cccnc1)C(=O)N1CCCC(N2C(=O)CN(CCOC)c3ccccc32)CC1. The van der Waals surface area contributed by atoms with E-state index in [0.717, 1.165) is 68.7 Å². The number of anilines is 2. The minimum Gasteiger partial charge on any atom is -0.383 e. The van der Waals surface area contributed by atoms with Crippen LogP contribution in [0.4, 0.5) is 11.4 Å². The van der Waals surface area contributed by atoms with Crippen molar-refractivity contribution in [3.63, 3.8) is 0 Å². The van der Waals surface area contributed by atoms with Crippen LogP contribution in [0.2, 0.25) is 0 Å². The van der Waals surface area contributed by atoms with Crippen LogP contribution in [-0.4, -0.2) is 74.2 Å². The second-order valence-electron chi connectivity index (χ2n) is 10.0. The summed E-state index contributed by atoms with van der Waals surface area (Å²) >= 11 is 0. The van der Waals surface area contributed by atoms with Crippen molar-refractivity contribution in [3.05, 3.63) is 54.4 Å². The largest absolute Gasteiger partial charge is 0.383 e. The maximum Gasteiger partial charge on any atom is 0.246 e. The van der Waals surface area contributed by atoms with Gasteiger partial charge in [0.25, 0.3) is 0 Å². The second-order valence-corrected chi connectivity index (χ2v) is 10.0. The number of nitrogens with zero attached hydrogens (tertiary/aromatic N) is 4. The highest BCUT2D eigenvalue weighted by Crippen LogP contribution is 2.36. The molecule has 2 aliphatic rings. The zero-order chi connectivity index (χ0) is 26.0. The van der Waals surface area contributed by atoms with Gasteiger partial charge in [-0.2, -0.15) is 0 Å². The third kappa shape index (κ3) is 6.87. The summed E-state index contributed by atoms with van der Waals surface area (Å²) in [5.41, 5.74) is 3.21. The van der Waals surface area contributed by atoms with E-state index in [2.05, 4.69) is 34.3 Å². The number of carbonyl (C=O) groups excluding carboxylic acids is 2. The summed E-state index contributed by atoms with van der Waals surface area (Å²) in [5, 5.41) is 3.45. The Labute approximate surface area is 221 Å². The summed E-state index contributed by atoms with van der Waals surface area (Å²) in [5.74, 6) is 0.401. The van der Waals surface area contributed by atoms with E-state index in [4.69, 9.17) is 4.74 Å². The number of carbonyl (C=O) groups is 2. The maximum absolute atomic E-state index is 13.4. The fourth-order valence-corrected chi connectivity index (χ4v) is 5.53. The smallest absolute Gasteiger partial charge is 0.246 e. The zero-order valence-corrected chi connectivity index (χ0v) is 22.3. The third-order valence-corrected chi connectivity index (χ3v) is 7.58. The molecule has 4 rings (SSSR count). The van der Waals surface area contributed by atoms with Crippen molar-refractivity contribution in [3.8, 4) is 0 Å². The first-order valence-corrected chi connectivity index (χ1v) is 13.7. The second kappa shape index (κ2) is 13.5. The number of amides is 2. The fraction of sp³-hybridized carbons (Fsp3) is 0.552. The van der Waals surface area contributed by atoms with E-state index in [1.165, 1.54) is 0 Å². The van der Waals surface area contributed by atoms with E-state index in [1.54, 1.807) is 13.3 Å². The van der Waals surface area contributed by atoms with Crippen molar-refractivity contribution in [2.75, 3.05) is 56.2 Å². The van der Waals surface area contributed by atoms with Crippen molar-refractivity contribution < 1.29 is 14.3 Å². The molecule has 1 fully saturated rings. The van der Waals surface area contributed by atoms with Crippen LogP contribution in [0, 0.1) is 5.92 Å². The fourth-order valence-electron chi connectivity index (χ4n) is 5.53. The van der Waals surface area contributed by atoms with Crippen LogP contribution in [0.1, 0.15) is 44.6 Å². The zero-order valence-electron chi connectivity index (χ0n) is 22.3. The summed E-state index contributed by atoms with van der Waals surface area (Å²) in [6.45, 7) is 6.76. The number of hydrogen-bond acceptors (Lipinski definition) is 6. The molecule has 3 heterocycles. The van der Waals surface area contributed by atoms with Gasteiger partial charge in [-0.3, -0.25) is 14.6 Å². The number of aromatic nitrogens is 1. The van der Waals surface area contributed by atoms with Gasteiger partial charge in [0, 0.05) is 57.6 Å². The van der Waals surface area contributed by atoms with Crippen LogP contribution < -0.4 is 15.1 Å². The van der Waals surface area contributed by atoms with Gasteiger partial charge in [-0.25, -0.2) is 0 Å². The third-order valence-electron chi connectivity index (χ3n) is 7.58. The van der Waals surface area contributed by atoms with Gasteiger partial charge in [0.2, 0.25) is 11.8 Å². The van der Waals surface area contributed by atoms with Crippen molar-refractivity contribution in [2.24, 2.45) is 5.92 Å². The van der Waals surface area contributed by atoms with Gasteiger partial charge in [0.15, 0.2) is 0 Å². The van der Waals surface area contributed by atoms with Crippen molar-refractivity contribution >= 4 is 23.2 Å². The molecule has 2 atom stereocenters. The average molecular weight is 508 g/mol. The van der Waals surface area contributed by atoms with Crippen molar-refractivity contribution in [1.29, 1.82) is 0 Å². The van der Waals surface area contributed by atoms with Crippen molar-refractivity contribution in [2.45, 2.75) is 51.6 Å². The highest BCUT2D eigenvalue weighted by molar-refractivity contribution is 6.03. The molecule has 1 aromatic carbocycles. The summed E-state index contributed by atoms with van der Waals surface area (Å²) < 4.78 is 5.26. The van der Waals surface area contributed by atoms with E-state index < -0.39 is 0 Å². The minimum absolute atomic E-state index is 0.0182. The van der Waals surface area contributed by atoms with Crippen LogP contribution in [-0.2, 0) is 20.9 Å². The maximum atomic E-state index is 13.4. The van der Waals surface area contributed by atoms with Gasteiger partial charge in [-0.1, -0.05) is 25.1 Å². The number of ether oxygens (including phenoxy) is 1. The average Bonchev–Trinajstić information content (AvgIpc) is 3.18. The molecule has 0 bridgehead atoms. The molecule has 0 spiro atoms. The number of rotatable bonds is 11. The van der Waals surface area contributed by atoms with Crippen LogP contribution in [0.15, 0.2) is 48.8 Å². The summed E-state index contributed by atoms with van der Waals surface area (Å²) in [6.07, 6.45) is 7.92. The van der Waals surface area contributed by atoms with Gasteiger partial charge in [-0.05, 0) is 62.4 Å². The van der Waals surface area contributed by atoms with E-state index in [9.17, 15) is 9.59 Å². The first kappa shape index (κ1) is 27.1. The molecule has 200 valence electrons. The van der Waals surface area contributed by atoms with Crippen LogP contribution >= 0.6 is 0 Å².